The fourth-order valence-corrected chi connectivity index (χ4v) is 6.52. The van der Waals surface area contributed by atoms with Crippen molar-refractivity contribution in [3.8, 4) is 0 Å². The molecule has 4 rings (SSSR count). The molecule has 0 amide bonds. The molecule has 29 heavy (non-hydrogen) atoms. The number of hydrogen-bond acceptors (Lipinski definition) is 3. The lowest BCUT2D eigenvalue weighted by Gasteiger charge is -2.53. The fraction of sp³-hybridized carbons (Fsp3) is 0.957. The van der Waals surface area contributed by atoms with Gasteiger partial charge in [-0.05, 0) is 73.0 Å². The van der Waals surface area contributed by atoms with E-state index in [0.29, 0.717) is 11.8 Å². The molecule has 4 aliphatic rings. The summed E-state index contributed by atoms with van der Waals surface area (Å²) in [5.41, 5.74) is -4.60. The van der Waals surface area contributed by atoms with Gasteiger partial charge in [-0.25, -0.2) is 0 Å². The average molecular weight is 419 g/mol. The van der Waals surface area contributed by atoms with Gasteiger partial charge in [-0.2, -0.15) is 13.2 Å². The number of carbonyl (C=O) groups excluding carboxylic acids is 1. The summed E-state index contributed by atoms with van der Waals surface area (Å²) < 4.78 is 54.1. The molecule has 0 radical (unpaired) electrons. The Morgan fingerprint density at radius 1 is 0.862 bits per heavy atom. The van der Waals surface area contributed by atoms with Crippen LogP contribution in [-0.2, 0) is 14.3 Å². The summed E-state index contributed by atoms with van der Waals surface area (Å²) in [5, 5.41) is 0. The van der Waals surface area contributed by atoms with E-state index >= 15 is 0 Å². The predicted octanol–water partition coefficient (Wildman–Crippen LogP) is 6.36. The number of ether oxygens (including phenoxy) is 2. The number of hydrogen-bond donors (Lipinski definition) is 0. The van der Waals surface area contributed by atoms with Crippen LogP contribution in [0.15, 0.2) is 0 Å². The SMILES string of the molecule is CC(C)(C)CC(C(=O)OCOC1C2CC3CC(C2)CC1C3)(C(C)(C)C)C(F)(F)F. The van der Waals surface area contributed by atoms with Gasteiger partial charge in [-0.15, -0.1) is 0 Å². The summed E-state index contributed by atoms with van der Waals surface area (Å²) in [6.07, 6.45) is 0.874. The molecule has 4 saturated carbocycles. The molecule has 0 aromatic carbocycles. The lowest BCUT2D eigenvalue weighted by Crippen LogP contribution is -2.56. The van der Waals surface area contributed by atoms with Gasteiger partial charge in [0, 0.05) is 0 Å². The van der Waals surface area contributed by atoms with Crippen molar-refractivity contribution in [2.24, 2.45) is 39.9 Å². The second kappa shape index (κ2) is 7.42. The molecular formula is C23H37F3O3. The van der Waals surface area contributed by atoms with Gasteiger partial charge in [0.2, 0.25) is 0 Å². The summed E-state index contributed by atoms with van der Waals surface area (Å²) in [4.78, 5) is 13.0. The molecule has 1 atom stereocenters. The van der Waals surface area contributed by atoms with E-state index in [9.17, 15) is 18.0 Å². The molecule has 6 heteroatoms. The third-order valence-corrected chi connectivity index (χ3v) is 7.50. The van der Waals surface area contributed by atoms with Crippen LogP contribution in [-0.4, -0.2) is 25.0 Å². The lowest BCUT2D eigenvalue weighted by atomic mass is 9.55. The minimum atomic E-state index is -4.71. The van der Waals surface area contributed by atoms with Gasteiger partial charge in [0.25, 0.3) is 0 Å². The van der Waals surface area contributed by atoms with Crippen LogP contribution in [0, 0.1) is 39.9 Å². The van der Waals surface area contributed by atoms with Gasteiger partial charge in [0.1, 0.15) is 0 Å². The van der Waals surface area contributed by atoms with Gasteiger partial charge in [-0.3, -0.25) is 4.79 Å². The molecule has 4 fully saturated rings. The average Bonchev–Trinajstić information content (AvgIpc) is 2.51. The van der Waals surface area contributed by atoms with Crippen molar-refractivity contribution < 1.29 is 27.4 Å². The number of halogens is 3. The first kappa shape index (κ1) is 22.9. The summed E-state index contributed by atoms with van der Waals surface area (Å²) in [6, 6.07) is 0. The number of rotatable bonds is 5. The molecule has 0 aromatic rings. The first-order valence-electron chi connectivity index (χ1n) is 11.0. The molecule has 0 spiro atoms. The van der Waals surface area contributed by atoms with Gasteiger partial charge in [0.05, 0.1) is 6.10 Å². The number of esters is 1. The van der Waals surface area contributed by atoms with Crippen LogP contribution in [0.3, 0.4) is 0 Å². The van der Waals surface area contributed by atoms with Crippen molar-refractivity contribution in [1.82, 2.24) is 0 Å². The van der Waals surface area contributed by atoms with Crippen LogP contribution >= 0.6 is 0 Å². The normalized spacial score (nSPS) is 34.2. The maximum Gasteiger partial charge on any atom is 0.405 e. The molecule has 0 N–H and O–H groups in total. The fourth-order valence-electron chi connectivity index (χ4n) is 6.52. The maximum atomic E-state index is 14.3. The Morgan fingerprint density at radius 2 is 1.34 bits per heavy atom. The minimum absolute atomic E-state index is 0.0214. The van der Waals surface area contributed by atoms with E-state index in [-0.39, 0.29) is 19.3 Å². The smallest absolute Gasteiger partial charge is 0.405 e. The Hall–Kier alpha value is -0.780. The van der Waals surface area contributed by atoms with Crippen LogP contribution in [0.2, 0.25) is 0 Å². The third-order valence-electron chi connectivity index (χ3n) is 7.50. The van der Waals surface area contributed by atoms with Crippen molar-refractivity contribution in [2.75, 3.05) is 6.79 Å². The van der Waals surface area contributed by atoms with Gasteiger partial charge >= 0.3 is 12.1 Å². The van der Waals surface area contributed by atoms with Gasteiger partial charge in [-0.1, -0.05) is 41.5 Å². The standard InChI is InChI=1S/C23H37F3O3/c1-20(2,3)12-22(21(4,5)6,23(24,25)26)19(27)29-13-28-18-16-8-14-7-15(10-16)11-17(18)9-14/h14-18H,7-13H2,1-6H3. The van der Waals surface area contributed by atoms with E-state index in [1.807, 2.05) is 0 Å². The summed E-state index contributed by atoms with van der Waals surface area (Å²) in [5.74, 6) is 1.29. The van der Waals surface area contributed by atoms with Crippen LogP contribution in [0.25, 0.3) is 0 Å². The highest BCUT2D eigenvalue weighted by Gasteiger charge is 2.68. The number of carbonyl (C=O) groups is 1. The van der Waals surface area contributed by atoms with Crippen molar-refractivity contribution >= 4 is 5.97 Å². The summed E-state index contributed by atoms with van der Waals surface area (Å²) in [7, 11) is 0. The van der Waals surface area contributed by atoms with E-state index in [0.717, 1.165) is 37.5 Å². The van der Waals surface area contributed by atoms with E-state index in [4.69, 9.17) is 9.47 Å². The highest BCUT2D eigenvalue weighted by atomic mass is 19.4. The maximum absolute atomic E-state index is 14.3. The third kappa shape index (κ3) is 4.33. The Balaban J connectivity index is 1.70. The molecule has 4 aliphatic carbocycles. The highest BCUT2D eigenvalue weighted by Crippen LogP contribution is 2.58. The van der Waals surface area contributed by atoms with E-state index in [2.05, 4.69) is 0 Å². The Bertz CT molecular complexity index is 570. The molecular weight excluding hydrogens is 381 g/mol. The van der Waals surface area contributed by atoms with Crippen LogP contribution in [0.5, 0.6) is 0 Å². The summed E-state index contributed by atoms with van der Waals surface area (Å²) in [6.45, 7) is 9.17. The zero-order chi connectivity index (χ0) is 21.8. The molecule has 0 saturated heterocycles. The molecule has 168 valence electrons. The van der Waals surface area contributed by atoms with E-state index in [1.54, 1.807) is 20.8 Å². The van der Waals surface area contributed by atoms with Crippen molar-refractivity contribution in [3.05, 3.63) is 0 Å². The van der Waals surface area contributed by atoms with Crippen molar-refractivity contribution in [3.63, 3.8) is 0 Å². The monoisotopic (exact) mass is 418 g/mol. The largest absolute Gasteiger partial charge is 0.438 e. The van der Waals surface area contributed by atoms with Crippen molar-refractivity contribution in [2.45, 2.75) is 92.3 Å². The van der Waals surface area contributed by atoms with Gasteiger partial charge < -0.3 is 9.47 Å². The Morgan fingerprint density at radius 3 is 1.72 bits per heavy atom. The van der Waals surface area contributed by atoms with Crippen molar-refractivity contribution in [1.29, 1.82) is 0 Å². The molecule has 1 unspecified atom stereocenters. The molecule has 0 aliphatic heterocycles. The predicted molar refractivity (Wildman–Crippen MR) is 105 cm³/mol. The lowest BCUT2D eigenvalue weighted by molar-refractivity contribution is -0.275. The van der Waals surface area contributed by atoms with Gasteiger partial charge in [0.15, 0.2) is 12.2 Å². The first-order valence-corrected chi connectivity index (χ1v) is 11.0. The van der Waals surface area contributed by atoms with E-state index < -0.39 is 28.4 Å². The van der Waals surface area contributed by atoms with Crippen LogP contribution in [0.1, 0.15) is 80.1 Å². The zero-order valence-corrected chi connectivity index (χ0v) is 18.7. The second-order valence-corrected chi connectivity index (χ2v) is 12.0. The molecule has 4 bridgehead atoms. The molecule has 0 heterocycles. The number of alkyl halides is 3. The molecule has 3 nitrogen and oxygen atoms in total. The Labute approximate surface area is 173 Å². The van der Waals surface area contributed by atoms with Crippen LogP contribution < -0.4 is 0 Å². The first-order chi connectivity index (χ1) is 13.1. The quantitative estimate of drug-likeness (QED) is 0.385. The van der Waals surface area contributed by atoms with E-state index in [1.165, 1.54) is 27.2 Å². The topological polar surface area (TPSA) is 35.5 Å². The summed E-state index contributed by atoms with van der Waals surface area (Å²) >= 11 is 0. The molecule has 0 aromatic heterocycles. The highest BCUT2D eigenvalue weighted by molar-refractivity contribution is 5.79. The Kier molecular flexibility index (Phi) is 5.86. The second-order valence-electron chi connectivity index (χ2n) is 12.0. The van der Waals surface area contributed by atoms with Crippen LogP contribution in [0.4, 0.5) is 13.2 Å². The zero-order valence-electron chi connectivity index (χ0n) is 18.7. The minimum Gasteiger partial charge on any atom is -0.438 e.